The van der Waals surface area contributed by atoms with E-state index in [1.54, 1.807) is 24.3 Å². The van der Waals surface area contributed by atoms with Crippen LogP contribution in [-0.2, 0) is 20.0 Å². The largest absolute Gasteiger partial charge is 0.274 e. The van der Waals surface area contributed by atoms with Crippen LogP contribution in [0.5, 0.6) is 0 Å². The number of benzene rings is 1. The number of nitrogens with one attached hydrogen (secondary N) is 1. The monoisotopic (exact) mass is 416 g/mol. The third-order valence-electron chi connectivity index (χ3n) is 3.96. The lowest BCUT2D eigenvalue weighted by Gasteiger charge is -2.13. The molecule has 1 aliphatic rings. The zero-order valence-corrected chi connectivity index (χ0v) is 15.7. The third kappa shape index (κ3) is 2.90. The summed E-state index contributed by atoms with van der Waals surface area (Å²) in [7, 11) is -8.40. The smallest absolute Gasteiger partial charge is 0.267 e. The number of pyridine rings is 2. The molecule has 3 heterocycles. The molecule has 9 nitrogen and oxygen atoms in total. The van der Waals surface area contributed by atoms with Crippen molar-refractivity contribution in [2.45, 2.75) is 9.79 Å². The summed E-state index contributed by atoms with van der Waals surface area (Å²) < 4.78 is 53.7. The van der Waals surface area contributed by atoms with Crippen LogP contribution in [0.4, 0.5) is 11.6 Å². The lowest BCUT2D eigenvalue weighted by atomic mass is 10.2. The van der Waals surface area contributed by atoms with Crippen molar-refractivity contribution in [1.82, 2.24) is 9.97 Å². The maximum Gasteiger partial charge on any atom is 0.274 e. The normalized spacial score (nSPS) is 15.3. The average molecular weight is 416 g/mol. The number of sulfonamides is 2. The average Bonchev–Trinajstić information content (AvgIpc) is 2.88. The maximum atomic E-state index is 12.9. The van der Waals surface area contributed by atoms with E-state index in [4.69, 9.17) is 0 Å². The number of amides is 1. The highest BCUT2D eigenvalue weighted by Gasteiger charge is 2.43. The molecule has 1 aliphatic heterocycles. The van der Waals surface area contributed by atoms with Gasteiger partial charge >= 0.3 is 0 Å². The number of nitrogens with zero attached hydrogens (tertiary/aromatic N) is 3. The standard InChI is InChI=1S/C17H12N4O5S2/c22-17-13-8-7-12(27(23,24)20-15-5-1-3-9-18-15)11-14(13)28(25,26)21(17)16-6-2-4-10-19-16/h1-11H,(H,18,20). The number of rotatable bonds is 4. The Morgan fingerprint density at radius 2 is 1.64 bits per heavy atom. The second-order valence-electron chi connectivity index (χ2n) is 5.74. The molecule has 2 aromatic heterocycles. The Hall–Kier alpha value is -3.31. The Kier molecular flexibility index (Phi) is 4.12. The van der Waals surface area contributed by atoms with Gasteiger partial charge in [-0.25, -0.2) is 26.8 Å². The molecule has 1 N–H and O–H groups in total. The van der Waals surface area contributed by atoms with E-state index >= 15 is 0 Å². The lowest BCUT2D eigenvalue weighted by molar-refractivity contribution is 0.101. The Balaban J connectivity index is 1.78. The van der Waals surface area contributed by atoms with Crippen molar-refractivity contribution in [2.75, 3.05) is 9.03 Å². The van der Waals surface area contributed by atoms with Gasteiger partial charge in [0.25, 0.3) is 26.0 Å². The third-order valence-corrected chi connectivity index (χ3v) is 7.04. The number of fused-ring (bicyclic) bond motifs is 1. The molecule has 0 bridgehead atoms. The summed E-state index contributed by atoms with van der Waals surface area (Å²) >= 11 is 0. The number of anilines is 2. The first-order valence-corrected chi connectivity index (χ1v) is 10.8. The molecule has 1 aromatic carbocycles. The topological polar surface area (TPSA) is 126 Å². The number of hydrogen-bond acceptors (Lipinski definition) is 7. The van der Waals surface area contributed by atoms with Gasteiger partial charge in [-0.3, -0.25) is 9.52 Å². The van der Waals surface area contributed by atoms with Gasteiger partial charge in [-0.05, 0) is 42.5 Å². The minimum atomic E-state index is -4.29. The predicted octanol–water partition coefficient (Wildman–Crippen LogP) is 1.63. The fourth-order valence-electron chi connectivity index (χ4n) is 2.70. The van der Waals surface area contributed by atoms with Crippen molar-refractivity contribution in [3.8, 4) is 0 Å². The molecule has 0 fully saturated rings. The van der Waals surface area contributed by atoms with Crippen molar-refractivity contribution >= 4 is 37.6 Å². The van der Waals surface area contributed by atoms with Gasteiger partial charge in [-0.1, -0.05) is 12.1 Å². The predicted molar refractivity (Wildman–Crippen MR) is 99.7 cm³/mol. The molecule has 0 saturated carbocycles. The van der Waals surface area contributed by atoms with Crippen LogP contribution >= 0.6 is 0 Å². The summed E-state index contributed by atoms with van der Waals surface area (Å²) in [4.78, 5) is 19.7. The van der Waals surface area contributed by atoms with Crippen molar-refractivity contribution in [3.05, 3.63) is 72.6 Å². The van der Waals surface area contributed by atoms with Crippen LogP contribution in [0.15, 0.2) is 76.8 Å². The molecule has 0 atom stereocenters. The van der Waals surface area contributed by atoms with E-state index in [0.717, 1.165) is 6.07 Å². The molecule has 1 amide bonds. The number of hydrogen-bond donors (Lipinski definition) is 1. The highest BCUT2D eigenvalue weighted by Crippen LogP contribution is 2.35. The van der Waals surface area contributed by atoms with Gasteiger partial charge in [0.05, 0.1) is 10.5 Å². The molecule has 4 rings (SSSR count). The van der Waals surface area contributed by atoms with E-state index < -0.39 is 30.8 Å². The van der Waals surface area contributed by atoms with Crippen molar-refractivity contribution in [2.24, 2.45) is 0 Å². The number of carbonyl (C=O) groups excluding carboxylic acids is 1. The highest BCUT2D eigenvalue weighted by molar-refractivity contribution is 7.94. The van der Waals surface area contributed by atoms with Crippen LogP contribution < -0.4 is 9.03 Å². The Labute approximate surface area is 160 Å². The molecule has 142 valence electrons. The van der Waals surface area contributed by atoms with E-state index in [9.17, 15) is 21.6 Å². The first kappa shape index (κ1) is 18.1. The zero-order chi connectivity index (χ0) is 19.9. The minimum absolute atomic E-state index is 0.0697. The quantitative estimate of drug-likeness (QED) is 0.685. The molecule has 28 heavy (non-hydrogen) atoms. The summed E-state index contributed by atoms with van der Waals surface area (Å²) in [5.41, 5.74) is -0.123. The molecule has 11 heteroatoms. The molecule has 0 radical (unpaired) electrons. The molecule has 0 saturated heterocycles. The van der Waals surface area contributed by atoms with E-state index in [2.05, 4.69) is 14.7 Å². The van der Waals surface area contributed by atoms with Crippen LogP contribution in [0.3, 0.4) is 0 Å². The zero-order valence-electron chi connectivity index (χ0n) is 14.1. The SMILES string of the molecule is O=C1c2ccc(S(=O)(=O)Nc3ccccn3)cc2S(=O)(=O)N1c1ccccn1. The Morgan fingerprint density at radius 3 is 2.29 bits per heavy atom. The first-order chi connectivity index (χ1) is 13.3. The van der Waals surface area contributed by atoms with Crippen LogP contribution in [-0.4, -0.2) is 32.7 Å². The van der Waals surface area contributed by atoms with E-state index in [0.29, 0.717) is 4.31 Å². The van der Waals surface area contributed by atoms with Gasteiger partial charge in [0.1, 0.15) is 10.7 Å². The molecule has 0 unspecified atom stereocenters. The Bertz CT molecular complexity index is 1280. The molecule has 0 aliphatic carbocycles. The van der Waals surface area contributed by atoms with Crippen LogP contribution in [0.1, 0.15) is 10.4 Å². The first-order valence-electron chi connectivity index (χ1n) is 7.89. The summed E-state index contributed by atoms with van der Waals surface area (Å²) in [5.74, 6) is -0.785. The second kappa shape index (κ2) is 6.39. The summed E-state index contributed by atoms with van der Waals surface area (Å²) in [5, 5.41) is 0. The summed E-state index contributed by atoms with van der Waals surface area (Å²) in [6, 6.07) is 12.5. The molecular weight excluding hydrogens is 404 g/mol. The fraction of sp³-hybridized carbons (Fsp3) is 0. The minimum Gasteiger partial charge on any atom is -0.267 e. The fourth-order valence-corrected chi connectivity index (χ4v) is 5.38. The van der Waals surface area contributed by atoms with Crippen molar-refractivity contribution in [1.29, 1.82) is 0 Å². The van der Waals surface area contributed by atoms with E-state index in [1.807, 2.05) is 0 Å². The van der Waals surface area contributed by atoms with Crippen molar-refractivity contribution < 1.29 is 21.6 Å². The molecular formula is C17H12N4O5S2. The van der Waals surface area contributed by atoms with Gasteiger partial charge in [0, 0.05) is 12.4 Å². The van der Waals surface area contributed by atoms with Gasteiger partial charge in [-0.15, -0.1) is 0 Å². The maximum absolute atomic E-state index is 12.9. The number of aromatic nitrogens is 2. The Morgan fingerprint density at radius 1 is 0.929 bits per heavy atom. The van der Waals surface area contributed by atoms with E-state index in [1.165, 1.54) is 36.7 Å². The molecule has 0 spiro atoms. The highest BCUT2D eigenvalue weighted by atomic mass is 32.2. The van der Waals surface area contributed by atoms with Gasteiger partial charge in [0.15, 0.2) is 5.82 Å². The van der Waals surface area contributed by atoms with Crippen LogP contribution in [0.2, 0.25) is 0 Å². The summed E-state index contributed by atoms with van der Waals surface area (Å²) in [6.45, 7) is 0. The van der Waals surface area contributed by atoms with Crippen molar-refractivity contribution in [3.63, 3.8) is 0 Å². The van der Waals surface area contributed by atoms with Gasteiger partial charge < -0.3 is 0 Å². The second-order valence-corrected chi connectivity index (χ2v) is 9.18. The van der Waals surface area contributed by atoms with Crippen LogP contribution in [0.25, 0.3) is 0 Å². The lowest BCUT2D eigenvalue weighted by Crippen LogP contribution is -2.30. The van der Waals surface area contributed by atoms with E-state index in [-0.39, 0.29) is 22.1 Å². The van der Waals surface area contributed by atoms with Gasteiger partial charge in [0.2, 0.25) is 0 Å². The summed E-state index contributed by atoms with van der Waals surface area (Å²) in [6.07, 6.45) is 2.77. The molecule has 3 aromatic rings. The van der Waals surface area contributed by atoms with Gasteiger partial charge in [-0.2, -0.15) is 4.31 Å². The van der Waals surface area contributed by atoms with Crippen LogP contribution in [0, 0.1) is 0 Å². The number of carbonyl (C=O) groups is 1.